The van der Waals surface area contributed by atoms with E-state index >= 15 is 0 Å². The van der Waals surface area contributed by atoms with E-state index in [-0.39, 0.29) is 12.4 Å². The molecule has 0 bridgehead atoms. The lowest BCUT2D eigenvalue weighted by Crippen LogP contribution is -2.32. The van der Waals surface area contributed by atoms with Crippen LogP contribution in [0.2, 0.25) is 0 Å². The molecule has 1 N–H and O–H groups in total. The number of hydrogen-bond acceptors (Lipinski definition) is 3. The summed E-state index contributed by atoms with van der Waals surface area (Å²) in [6.07, 6.45) is 0.947. The summed E-state index contributed by atoms with van der Waals surface area (Å²) >= 11 is 0. The highest BCUT2D eigenvalue weighted by Gasteiger charge is 2.31. The molecule has 0 aliphatic carbocycles. The molecule has 0 aromatic heterocycles. The molecule has 1 rings (SSSR count). The van der Waals surface area contributed by atoms with Crippen molar-refractivity contribution in [3.05, 3.63) is 0 Å². The van der Waals surface area contributed by atoms with E-state index in [2.05, 4.69) is 13.8 Å². The molecule has 0 radical (unpaired) electrons. The van der Waals surface area contributed by atoms with Gasteiger partial charge in [0.05, 0.1) is 12.4 Å². The van der Waals surface area contributed by atoms with Crippen molar-refractivity contribution >= 4 is 10.0 Å². The Bertz CT molecular complexity index is 274. The van der Waals surface area contributed by atoms with E-state index in [1.54, 1.807) is 0 Å². The first-order valence-corrected chi connectivity index (χ1v) is 6.67. The molecule has 4 nitrogen and oxygen atoms in total. The number of aliphatic hydroxyl groups excluding tert-OH is 1. The summed E-state index contributed by atoms with van der Waals surface area (Å²) in [6, 6.07) is 0. The molecule has 14 heavy (non-hydrogen) atoms. The second-order valence-electron chi connectivity index (χ2n) is 4.19. The first-order chi connectivity index (χ1) is 6.47. The van der Waals surface area contributed by atoms with Crippen LogP contribution in [0.1, 0.15) is 20.3 Å². The number of rotatable bonds is 4. The minimum absolute atomic E-state index is 0.141. The average molecular weight is 221 g/mol. The number of aliphatic hydroxyl groups is 1. The molecule has 0 aromatic carbocycles. The number of nitrogens with zero attached hydrogens (tertiary/aromatic N) is 1. The maximum absolute atomic E-state index is 11.6. The van der Waals surface area contributed by atoms with Gasteiger partial charge in [0, 0.05) is 13.1 Å². The summed E-state index contributed by atoms with van der Waals surface area (Å²) in [5, 5.41) is 8.63. The Balaban J connectivity index is 2.58. The highest BCUT2D eigenvalue weighted by Crippen LogP contribution is 2.25. The lowest BCUT2D eigenvalue weighted by Gasteiger charge is -2.17. The predicted molar refractivity (Wildman–Crippen MR) is 55.4 cm³/mol. The molecular formula is C9H19NO3S. The second-order valence-corrected chi connectivity index (χ2v) is 6.28. The lowest BCUT2D eigenvalue weighted by atomic mass is 9.96. The number of hydrogen-bond donors (Lipinski definition) is 1. The van der Waals surface area contributed by atoms with Gasteiger partial charge in [-0.25, -0.2) is 12.7 Å². The monoisotopic (exact) mass is 221 g/mol. The van der Waals surface area contributed by atoms with Gasteiger partial charge in [0.2, 0.25) is 10.0 Å². The summed E-state index contributed by atoms with van der Waals surface area (Å²) in [5.41, 5.74) is 0. The molecule has 1 aliphatic rings. The molecule has 1 unspecified atom stereocenters. The van der Waals surface area contributed by atoms with Crippen LogP contribution < -0.4 is 0 Å². The minimum atomic E-state index is -3.19. The molecular weight excluding hydrogens is 202 g/mol. The molecule has 1 heterocycles. The summed E-state index contributed by atoms with van der Waals surface area (Å²) in [6.45, 7) is 5.19. The SMILES string of the molecule is CC(C)C1CCN(S(=O)(=O)CCO)C1. The van der Waals surface area contributed by atoms with Gasteiger partial charge < -0.3 is 5.11 Å². The zero-order valence-electron chi connectivity index (χ0n) is 8.81. The summed E-state index contributed by atoms with van der Waals surface area (Å²) in [7, 11) is -3.19. The van der Waals surface area contributed by atoms with Crippen LogP contribution in [0.4, 0.5) is 0 Å². The third kappa shape index (κ3) is 2.68. The normalized spacial score (nSPS) is 24.7. The molecule has 0 saturated carbocycles. The Morgan fingerprint density at radius 1 is 1.50 bits per heavy atom. The quantitative estimate of drug-likeness (QED) is 0.742. The Labute approximate surface area is 86.0 Å². The Morgan fingerprint density at radius 3 is 2.57 bits per heavy atom. The van der Waals surface area contributed by atoms with Crippen molar-refractivity contribution in [2.75, 3.05) is 25.4 Å². The van der Waals surface area contributed by atoms with Crippen molar-refractivity contribution in [2.45, 2.75) is 20.3 Å². The molecule has 0 amide bonds. The zero-order chi connectivity index (χ0) is 10.8. The fourth-order valence-electron chi connectivity index (χ4n) is 1.80. The third-order valence-corrected chi connectivity index (χ3v) is 4.69. The smallest absolute Gasteiger partial charge is 0.216 e. The molecule has 0 aromatic rings. The van der Waals surface area contributed by atoms with Gasteiger partial charge in [-0.1, -0.05) is 13.8 Å². The van der Waals surface area contributed by atoms with E-state index < -0.39 is 10.0 Å². The first kappa shape index (κ1) is 11.9. The Hall–Kier alpha value is -0.130. The highest BCUT2D eigenvalue weighted by molar-refractivity contribution is 7.89. The first-order valence-electron chi connectivity index (χ1n) is 5.06. The van der Waals surface area contributed by atoms with Crippen molar-refractivity contribution in [3.63, 3.8) is 0 Å². The van der Waals surface area contributed by atoms with Crippen LogP contribution in [0.15, 0.2) is 0 Å². The maximum atomic E-state index is 11.6. The van der Waals surface area contributed by atoms with Gasteiger partial charge in [-0.2, -0.15) is 0 Å². The predicted octanol–water partition coefficient (Wildman–Crippen LogP) is 0.286. The van der Waals surface area contributed by atoms with Crippen LogP contribution in [0.3, 0.4) is 0 Å². The van der Waals surface area contributed by atoms with E-state index in [4.69, 9.17) is 5.11 Å². The third-order valence-electron chi connectivity index (χ3n) is 2.87. The van der Waals surface area contributed by atoms with Gasteiger partial charge in [0.1, 0.15) is 0 Å². The van der Waals surface area contributed by atoms with E-state index in [0.717, 1.165) is 6.42 Å². The topological polar surface area (TPSA) is 57.6 Å². The van der Waals surface area contributed by atoms with Gasteiger partial charge in [-0.05, 0) is 18.3 Å². The largest absolute Gasteiger partial charge is 0.395 e. The van der Waals surface area contributed by atoms with E-state index in [0.29, 0.717) is 24.9 Å². The summed E-state index contributed by atoms with van der Waals surface area (Å²) in [5.74, 6) is 0.866. The van der Waals surface area contributed by atoms with Crippen molar-refractivity contribution < 1.29 is 13.5 Å². The van der Waals surface area contributed by atoms with E-state index in [9.17, 15) is 8.42 Å². The van der Waals surface area contributed by atoms with E-state index in [1.165, 1.54) is 4.31 Å². The molecule has 84 valence electrons. The second kappa shape index (κ2) is 4.59. The molecule has 1 saturated heterocycles. The Morgan fingerprint density at radius 2 is 2.14 bits per heavy atom. The van der Waals surface area contributed by atoms with Crippen molar-refractivity contribution in [2.24, 2.45) is 11.8 Å². The maximum Gasteiger partial charge on any atom is 0.216 e. The van der Waals surface area contributed by atoms with Crippen molar-refractivity contribution in [3.8, 4) is 0 Å². The standard InChI is InChI=1S/C9H19NO3S/c1-8(2)9-3-4-10(7-9)14(12,13)6-5-11/h8-9,11H,3-7H2,1-2H3. The van der Waals surface area contributed by atoms with Crippen LogP contribution in [-0.4, -0.2) is 43.3 Å². The average Bonchev–Trinajstić information content (AvgIpc) is 2.51. The fourth-order valence-corrected chi connectivity index (χ4v) is 3.09. The molecule has 1 aliphatic heterocycles. The molecule has 1 fully saturated rings. The van der Waals surface area contributed by atoms with Crippen LogP contribution in [-0.2, 0) is 10.0 Å². The van der Waals surface area contributed by atoms with Crippen LogP contribution in [0.5, 0.6) is 0 Å². The van der Waals surface area contributed by atoms with Crippen molar-refractivity contribution in [1.29, 1.82) is 0 Å². The Kier molecular flexibility index (Phi) is 3.92. The van der Waals surface area contributed by atoms with Gasteiger partial charge >= 0.3 is 0 Å². The lowest BCUT2D eigenvalue weighted by molar-refractivity contribution is 0.315. The fraction of sp³-hybridized carbons (Fsp3) is 1.00. The van der Waals surface area contributed by atoms with Crippen LogP contribution in [0.25, 0.3) is 0 Å². The van der Waals surface area contributed by atoms with Gasteiger partial charge in [-0.15, -0.1) is 0 Å². The van der Waals surface area contributed by atoms with Crippen LogP contribution in [0, 0.1) is 11.8 Å². The van der Waals surface area contributed by atoms with Gasteiger partial charge in [0.15, 0.2) is 0 Å². The molecule has 0 spiro atoms. The van der Waals surface area contributed by atoms with E-state index in [1.807, 2.05) is 0 Å². The highest BCUT2D eigenvalue weighted by atomic mass is 32.2. The zero-order valence-corrected chi connectivity index (χ0v) is 9.63. The van der Waals surface area contributed by atoms with Crippen LogP contribution >= 0.6 is 0 Å². The minimum Gasteiger partial charge on any atom is -0.395 e. The number of sulfonamides is 1. The molecule has 1 atom stereocenters. The van der Waals surface area contributed by atoms with Gasteiger partial charge in [0.25, 0.3) is 0 Å². The van der Waals surface area contributed by atoms with Crippen molar-refractivity contribution in [1.82, 2.24) is 4.31 Å². The summed E-state index contributed by atoms with van der Waals surface area (Å²) < 4.78 is 24.6. The molecule has 5 heteroatoms. The van der Waals surface area contributed by atoms with Gasteiger partial charge in [-0.3, -0.25) is 0 Å². The summed E-state index contributed by atoms with van der Waals surface area (Å²) in [4.78, 5) is 0.